The predicted octanol–water partition coefficient (Wildman–Crippen LogP) is 21.2. The van der Waals surface area contributed by atoms with Crippen molar-refractivity contribution in [1.29, 1.82) is 0 Å². The summed E-state index contributed by atoms with van der Waals surface area (Å²) in [5, 5.41) is 0. The predicted molar refractivity (Wildman–Crippen MR) is 307 cm³/mol. The summed E-state index contributed by atoms with van der Waals surface area (Å²) in [7, 11) is 0. The fourth-order valence-corrected chi connectivity index (χ4v) is 9.39. The molecule has 0 bridgehead atoms. The van der Waals surface area contributed by atoms with Gasteiger partial charge >= 0.3 is 17.9 Å². The largest absolute Gasteiger partial charge is 0.462 e. The fraction of sp³-hybridized carbons (Fsp3) is 0.862. The van der Waals surface area contributed by atoms with Gasteiger partial charge in [0.25, 0.3) is 0 Å². The number of carbonyl (C=O) groups excluding carboxylic acids is 3. The Hall–Kier alpha value is -2.37. The molecule has 0 saturated carbocycles. The van der Waals surface area contributed by atoms with Crippen molar-refractivity contribution in [3.8, 4) is 0 Å². The quantitative estimate of drug-likeness (QED) is 0.0261. The third-order valence-electron chi connectivity index (χ3n) is 14.1. The molecule has 0 saturated heterocycles. The van der Waals surface area contributed by atoms with Crippen molar-refractivity contribution in [3.05, 3.63) is 36.5 Å². The number of hydrogen-bond acceptors (Lipinski definition) is 6. The van der Waals surface area contributed by atoms with Gasteiger partial charge in [-0.25, -0.2) is 0 Å². The van der Waals surface area contributed by atoms with E-state index in [9.17, 15) is 14.4 Å². The van der Waals surface area contributed by atoms with E-state index in [1.54, 1.807) is 0 Å². The molecule has 71 heavy (non-hydrogen) atoms. The van der Waals surface area contributed by atoms with Crippen LogP contribution in [-0.2, 0) is 28.6 Å². The standard InChI is InChI=1S/C65H120O6/c1-4-7-10-13-16-18-20-22-24-26-28-30-31-32-33-35-36-38-40-42-44-46-49-52-55-58-64(67)70-61-62(60-69-63(66)57-54-51-48-15-12-9-6-3)71-65(68)59-56-53-50-47-45-43-41-39-37-34-29-27-25-23-21-19-17-14-11-8-5-2/h21,23,27,29,37,39,62H,4-20,22,24-26,28,30-36,38,40-61H2,1-3H3/b23-21-,29-27-,39-37-. The Morgan fingerprint density at radius 3 is 0.789 bits per heavy atom. The van der Waals surface area contributed by atoms with Crippen molar-refractivity contribution in [3.63, 3.8) is 0 Å². The van der Waals surface area contributed by atoms with Gasteiger partial charge in [0.1, 0.15) is 13.2 Å². The van der Waals surface area contributed by atoms with Crippen LogP contribution in [0.15, 0.2) is 36.5 Å². The molecule has 1 unspecified atom stereocenters. The van der Waals surface area contributed by atoms with Crippen molar-refractivity contribution < 1.29 is 28.6 Å². The molecule has 0 spiro atoms. The van der Waals surface area contributed by atoms with E-state index in [-0.39, 0.29) is 31.1 Å². The van der Waals surface area contributed by atoms with Crippen LogP contribution < -0.4 is 0 Å². The SMILES string of the molecule is CCCCCCC/C=C\C/C=C\C/C=C\CCCCCCCCC(=O)OC(COC(=O)CCCCCCCCC)COC(=O)CCCCCCCCCCCCCCCCCCCCCCCCCCC. The highest BCUT2D eigenvalue weighted by Gasteiger charge is 2.19. The van der Waals surface area contributed by atoms with Gasteiger partial charge in [-0.1, -0.05) is 301 Å². The number of rotatable bonds is 58. The molecule has 6 nitrogen and oxygen atoms in total. The molecule has 0 amide bonds. The maximum Gasteiger partial charge on any atom is 0.306 e. The molecule has 0 rings (SSSR count). The van der Waals surface area contributed by atoms with Crippen molar-refractivity contribution in [1.82, 2.24) is 0 Å². The Morgan fingerprint density at radius 2 is 0.507 bits per heavy atom. The summed E-state index contributed by atoms with van der Waals surface area (Å²) in [6.07, 6.45) is 73.2. The smallest absolute Gasteiger partial charge is 0.306 e. The Bertz CT molecular complexity index is 1190. The number of hydrogen-bond donors (Lipinski definition) is 0. The minimum Gasteiger partial charge on any atom is -0.462 e. The molecule has 0 aliphatic rings. The Labute approximate surface area is 442 Å². The molecule has 0 aromatic heterocycles. The number of esters is 3. The van der Waals surface area contributed by atoms with E-state index in [0.29, 0.717) is 19.3 Å². The minimum absolute atomic E-state index is 0.0733. The summed E-state index contributed by atoms with van der Waals surface area (Å²) in [5.74, 6) is -0.873. The molecule has 1 atom stereocenters. The molecule has 416 valence electrons. The number of allylic oxidation sites excluding steroid dienone is 6. The average Bonchev–Trinajstić information content (AvgIpc) is 3.37. The van der Waals surface area contributed by atoms with Crippen molar-refractivity contribution in [2.45, 2.75) is 348 Å². The Kier molecular flexibility index (Phi) is 58.2. The number of unbranched alkanes of at least 4 members (excludes halogenated alkanes) is 41. The second-order valence-electron chi connectivity index (χ2n) is 21.3. The van der Waals surface area contributed by atoms with Gasteiger partial charge in [-0.05, 0) is 57.8 Å². The number of carbonyl (C=O) groups is 3. The van der Waals surface area contributed by atoms with Gasteiger partial charge in [0, 0.05) is 19.3 Å². The fourth-order valence-electron chi connectivity index (χ4n) is 9.39. The van der Waals surface area contributed by atoms with E-state index < -0.39 is 6.10 Å². The molecule has 0 N–H and O–H groups in total. The third kappa shape index (κ3) is 58.4. The topological polar surface area (TPSA) is 78.9 Å². The van der Waals surface area contributed by atoms with Crippen LogP contribution >= 0.6 is 0 Å². The average molecular weight is 998 g/mol. The summed E-state index contributed by atoms with van der Waals surface area (Å²) in [6.45, 7) is 6.63. The molecule has 0 aliphatic heterocycles. The second kappa shape index (κ2) is 60.2. The van der Waals surface area contributed by atoms with Crippen LogP contribution in [0, 0.1) is 0 Å². The van der Waals surface area contributed by atoms with Gasteiger partial charge in [0.05, 0.1) is 0 Å². The number of ether oxygens (including phenoxy) is 3. The Morgan fingerprint density at radius 1 is 0.282 bits per heavy atom. The lowest BCUT2D eigenvalue weighted by Crippen LogP contribution is -2.30. The summed E-state index contributed by atoms with van der Waals surface area (Å²) in [6, 6.07) is 0. The second-order valence-corrected chi connectivity index (χ2v) is 21.3. The van der Waals surface area contributed by atoms with Gasteiger partial charge in [-0.3, -0.25) is 14.4 Å². The molecule has 6 heteroatoms. The molecular formula is C65H120O6. The molecule has 0 fully saturated rings. The van der Waals surface area contributed by atoms with Crippen LogP contribution in [0.5, 0.6) is 0 Å². The van der Waals surface area contributed by atoms with Gasteiger partial charge < -0.3 is 14.2 Å². The van der Waals surface area contributed by atoms with Crippen molar-refractivity contribution in [2.75, 3.05) is 13.2 Å². The van der Waals surface area contributed by atoms with E-state index in [0.717, 1.165) is 77.0 Å². The zero-order valence-electron chi connectivity index (χ0n) is 47.8. The lowest BCUT2D eigenvalue weighted by atomic mass is 10.0. The van der Waals surface area contributed by atoms with Gasteiger partial charge in [-0.2, -0.15) is 0 Å². The summed E-state index contributed by atoms with van der Waals surface area (Å²) in [5.41, 5.74) is 0. The highest BCUT2D eigenvalue weighted by Crippen LogP contribution is 2.17. The first kappa shape index (κ1) is 68.6. The molecule has 0 aliphatic carbocycles. The summed E-state index contributed by atoms with van der Waals surface area (Å²) >= 11 is 0. The first-order valence-corrected chi connectivity index (χ1v) is 31.5. The molecular weight excluding hydrogens is 877 g/mol. The maximum absolute atomic E-state index is 12.8. The zero-order valence-corrected chi connectivity index (χ0v) is 47.8. The van der Waals surface area contributed by atoms with Crippen molar-refractivity contribution in [2.24, 2.45) is 0 Å². The van der Waals surface area contributed by atoms with E-state index in [1.165, 1.54) is 225 Å². The van der Waals surface area contributed by atoms with Gasteiger partial charge in [0.15, 0.2) is 6.10 Å². The lowest BCUT2D eigenvalue weighted by molar-refractivity contribution is -0.167. The monoisotopic (exact) mass is 997 g/mol. The molecule has 0 radical (unpaired) electrons. The lowest BCUT2D eigenvalue weighted by Gasteiger charge is -2.18. The van der Waals surface area contributed by atoms with Crippen LogP contribution in [0.3, 0.4) is 0 Å². The van der Waals surface area contributed by atoms with Crippen LogP contribution in [-0.4, -0.2) is 37.2 Å². The highest BCUT2D eigenvalue weighted by molar-refractivity contribution is 5.71. The van der Waals surface area contributed by atoms with E-state index >= 15 is 0 Å². The summed E-state index contributed by atoms with van der Waals surface area (Å²) in [4.78, 5) is 38.0. The first-order chi connectivity index (χ1) is 35.0. The molecule has 0 aromatic rings. The summed E-state index contributed by atoms with van der Waals surface area (Å²) < 4.78 is 16.8. The molecule has 0 heterocycles. The van der Waals surface area contributed by atoms with E-state index in [4.69, 9.17) is 14.2 Å². The van der Waals surface area contributed by atoms with E-state index in [2.05, 4.69) is 57.2 Å². The van der Waals surface area contributed by atoms with Gasteiger partial charge in [0.2, 0.25) is 0 Å². The van der Waals surface area contributed by atoms with Crippen LogP contribution in [0.1, 0.15) is 342 Å². The van der Waals surface area contributed by atoms with Crippen LogP contribution in [0.2, 0.25) is 0 Å². The van der Waals surface area contributed by atoms with Crippen LogP contribution in [0.25, 0.3) is 0 Å². The normalized spacial score (nSPS) is 12.2. The maximum atomic E-state index is 12.8. The van der Waals surface area contributed by atoms with E-state index in [1.807, 2.05) is 0 Å². The van der Waals surface area contributed by atoms with Crippen LogP contribution in [0.4, 0.5) is 0 Å². The van der Waals surface area contributed by atoms with Gasteiger partial charge in [-0.15, -0.1) is 0 Å². The minimum atomic E-state index is -0.774. The molecule has 0 aromatic carbocycles. The Balaban J connectivity index is 4.11. The third-order valence-corrected chi connectivity index (χ3v) is 14.1. The first-order valence-electron chi connectivity index (χ1n) is 31.5. The highest BCUT2D eigenvalue weighted by atomic mass is 16.6. The zero-order chi connectivity index (χ0) is 51.4. The van der Waals surface area contributed by atoms with Crippen molar-refractivity contribution >= 4 is 17.9 Å².